The number of Topliss-reactive ketones (excluding diaryl/α,β-unsaturated/α-hetero) is 1. The monoisotopic (exact) mass is 408 g/mol. The van der Waals surface area contributed by atoms with Crippen LogP contribution < -0.4 is 0 Å². The number of alkyl halides is 3. The van der Waals surface area contributed by atoms with Gasteiger partial charge in [-0.3, -0.25) is 4.79 Å². The zero-order valence-corrected chi connectivity index (χ0v) is 11.6. The molecule has 0 saturated carbocycles. The van der Waals surface area contributed by atoms with Crippen molar-refractivity contribution in [2.45, 2.75) is 2.14 Å². The van der Waals surface area contributed by atoms with E-state index in [9.17, 15) is 4.79 Å². The van der Waals surface area contributed by atoms with Crippen LogP contribution in [0.4, 0.5) is 0 Å². The highest BCUT2D eigenvalue weighted by molar-refractivity contribution is 9.40. The lowest BCUT2D eigenvalue weighted by Gasteiger charge is -2.08. The maximum Gasteiger partial charge on any atom is 0.207 e. The van der Waals surface area contributed by atoms with Gasteiger partial charge in [0.25, 0.3) is 0 Å². The summed E-state index contributed by atoms with van der Waals surface area (Å²) in [5.74, 6) is -0.155. The molecule has 62 valence electrons. The molecule has 5 heteroatoms. The SMILES string of the molecule is C=CC=C(Br)C(=O)C(Br)(Br)Br. The molecule has 1 nitrogen and oxygen atoms in total. The van der Waals surface area contributed by atoms with Gasteiger partial charge in [0.05, 0.1) is 4.48 Å². The summed E-state index contributed by atoms with van der Waals surface area (Å²) in [4.78, 5) is 11.3. The Morgan fingerprint density at radius 1 is 1.36 bits per heavy atom. The number of halogens is 4. The number of hydrogen-bond acceptors (Lipinski definition) is 1. The van der Waals surface area contributed by atoms with Gasteiger partial charge in [0.1, 0.15) is 0 Å². The largest absolute Gasteiger partial charge is 0.290 e. The minimum absolute atomic E-state index is 0.155. The van der Waals surface area contributed by atoms with Crippen molar-refractivity contribution in [3.63, 3.8) is 0 Å². The first-order valence-electron chi connectivity index (χ1n) is 2.49. The van der Waals surface area contributed by atoms with Crippen molar-refractivity contribution in [3.05, 3.63) is 23.2 Å². The van der Waals surface area contributed by atoms with Crippen LogP contribution >= 0.6 is 63.7 Å². The van der Waals surface area contributed by atoms with Crippen LogP contribution in [0, 0.1) is 0 Å². The van der Waals surface area contributed by atoms with Gasteiger partial charge in [-0.2, -0.15) is 0 Å². The van der Waals surface area contributed by atoms with Crippen molar-refractivity contribution >= 4 is 69.5 Å². The van der Waals surface area contributed by atoms with Crippen LogP contribution in [-0.2, 0) is 4.79 Å². The Balaban J connectivity index is 4.51. The second-order valence-electron chi connectivity index (χ2n) is 1.58. The quantitative estimate of drug-likeness (QED) is 0.383. The number of allylic oxidation sites excluding steroid dienone is 3. The zero-order valence-electron chi connectivity index (χ0n) is 5.28. The summed E-state index contributed by atoms with van der Waals surface area (Å²) in [6.07, 6.45) is 3.10. The molecule has 0 atom stereocenters. The van der Waals surface area contributed by atoms with Gasteiger partial charge in [-0.25, -0.2) is 0 Å². The highest BCUT2D eigenvalue weighted by Gasteiger charge is 2.29. The zero-order chi connectivity index (χ0) is 9.07. The fourth-order valence-electron chi connectivity index (χ4n) is 0.315. The van der Waals surface area contributed by atoms with Crippen molar-refractivity contribution in [2.24, 2.45) is 0 Å². The standard InChI is InChI=1S/C6H4Br4O/c1-2-3-4(7)5(11)6(8,9)10/h2-3H,1H2. The summed E-state index contributed by atoms with van der Waals surface area (Å²) in [5, 5.41) is 0. The second-order valence-corrected chi connectivity index (χ2v) is 9.19. The summed E-state index contributed by atoms with van der Waals surface area (Å²) < 4.78 is -0.441. The number of ketones is 1. The van der Waals surface area contributed by atoms with Crippen molar-refractivity contribution in [1.82, 2.24) is 0 Å². The lowest BCUT2D eigenvalue weighted by atomic mass is 10.4. The van der Waals surface area contributed by atoms with Gasteiger partial charge in [0.15, 0.2) is 2.14 Å². The third kappa shape index (κ3) is 4.60. The Labute approximate surface area is 98.8 Å². The predicted octanol–water partition coefficient (Wildman–Crippen LogP) is 3.86. The molecule has 0 radical (unpaired) electrons. The van der Waals surface area contributed by atoms with Gasteiger partial charge in [0, 0.05) is 0 Å². The molecule has 0 aromatic carbocycles. The fraction of sp³-hybridized carbons (Fsp3) is 0.167. The van der Waals surface area contributed by atoms with E-state index in [1.165, 1.54) is 6.08 Å². The Kier molecular flexibility index (Phi) is 5.42. The topological polar surface area (TPSA) is 17.1 Å². The molecule has 0 heterocycles. The van der Waals surface area contributed by atoms with E-state index < -0.39 is 2.14 Å². The number of carbonyl (C=O) groups is 1. The van der Waals surface area contributed by atoms with Crippen LogP contribution in [0.1, 0.15) is 0 Å². The van der Waals surface area contributed by atoms with Crippen LogP contribution in [0.25, 0.3) is 0 Å². The average molecular weight is 412 g/mol. The molecule has 11 heavy (non-hydrogen) atoms. The van der Waals surface area contributed by atoms with Crippen LogP contribution in [0.15, 0.2) is 23.2 Å². The molecule has 0 amide bonds. The molecule has 0 aliphatic rings. The van der Waals surface area contributed by atoms with Gasteiger partial charge < -0.3 is 0 Å². The van der Waals surface area contributed by atoms with Crippen LogP contribution in [-0.4, -0.2) is 7.93 Å². The van der Waals surface area contributed by atoms with E-state index in [2.05, 4.69) is 70.3 Å². The first-order chi connectivity index (χ1) is 4.89. The van der Waals surface area contributed by atoms with Crippen LogP contribution in [0.2, 0.25) is 0 Å². The first kappa shape index (κ1) is 12.1. The lowest BCUT2D eigenvalue weighted by Crippen LogP contribution is -2.16. The number of carbonyl (C=O) groups excluding carboxylic acids is 1. The van der Waals surface area contributed by atoms with E-state index in [0.29, 0.717) is 4.48 Å². The smallest absolute Gasteiger partial charge is 0.207 e. The van der Waals surface area contributed by atoms with Gasteiger partial charge in [-0.15, -0.1) is 0 Å². The molecule has 0 unspecified atom stereocenters. The van der Waals surface area contributed by atoms with E-state index >= 15 is 0 Å². The predicted molar refractivity (Wildman–Crippen MR) is 61.7 cm³/mol. The average Bonchev–Trinajstić information content (AvgIpc) is 1.85. The molecule has 0 aromatic heterocycles. The van der Waals surface area contributed by atoms with E-state index in [1.807, 2.05) is 0 Å². The third-order valence-corrected chi connectivity index (χ3v) is 2.44. The van der Waals surface area contributed by atoms with Crippen molar-refractivity contribution < 1.29 is 4.79 Å². The Morgan fingerprint density at radius 2 is 1.82 bits per heavy atom. The van der Waals surface area contributed by atoms with Gasteiger partial charge in [-0.05, 0) is 22.0 Å². The molecule has 0 spiro atoms. The molecule has 0 fully saturated rings. The Bertz CT molecular complexity index is 201. The van der Waals surface area contributed by atoms with E-state index in [4.69, 9.17) is 0 Å². The fourth-order valence-corrected chi connectivity index (χ4v) is 2.24. The summed E-state index contributed by atoms with van der Waals surface area (Å²) in [5.41, 5.74) is 0. The first-order valence-corrected chi connectivity index (χ1v) is 5.66. The minimum atomic E-state index is -0.884. The minimum Gasteiger partial charge on any atom is -0.290 e. The van der Waals surface area contributed by atoms with Gasteiger partial charge >= 0.3 is 0 Å². The molecule has 0 aliphatic carbocycles. The Hall–Kier alpha value is 1.07. The molecule has 0 N–H and O–H groups in total. The second kappa shape index (κ2) is 4.94. The Morgan fingerprint density at radius 3 is 2.09 bits per heavy atom. The maximum atomic E-state index is 11.3. The highest BCUT2D eigenvalue weighted by Crippen LogP contribution is 2.37. The van der Waals surface area contributed by atoms with Crippen LogP contribution in [0.5, 0.6) is 0 Å². The summed E-state index contributed by atoms with van der Waals surface area (Å²) >= 11 is 12.4. The van der Waals surface area contributed by atoms with Gasteiger partial charge in [0.2, 0.25) is 5.78 Å². The van der Waals surface area contributed by atoms with E-state index in [-0.39, 0.29) is 5.78 Å². The highest BCUT2D eigenvalue weighted by atomic mass is 80.0. The maximum absolute atomic E-state index is 11.3. The molecule has 0 aliphatic heterocycles. The molecule has 0 bridgehead atoms. The van der Waals surface area contributed by atoms with Gasteiger partial charge in [-0.1, -0.05) is 60.4 Å². The van der Waals surface area contributed by atoms with E-state index in [1.54, 1.807) is 6.08 Å². The van der Waals surface area contributed by atoms with Crippen molar-refractivity contribution in [1.29, 1.82) is 0 Å². The third-order valence-electron chi connectivity index (χ3n) is 0.739. The molecular weight excluding hydrogens is 408 g/mol. The normalized spacial score (nSPS) is 12.9. The van der Waals surface area contributed by atoms with Crippen molar-refractivity contribution in [2.75, 3.05) is 0 Å². The lowest BCUT2D eigenvalue weighted by molar-refractivity contribution is -0.113. The number of rotatable bonds is 2. The summed E-state index contributed by atoms with van der Waals surface area (Å²) in [7, 11) is 0. The molecular formula is C6H4Br4O. The molecule has 0 aromatic rings. The number of hydrogen-bond donors (Lipinski definition) is 0. The molecule has 0 saturated heterocycles. The molecule has 0 rings (SSSR count). The van der Waals surface area contributed by atoms with E-state index in [0.717, 1.165) is 0 Å². The summed E-state index contributed by atoms with van der Waals surface area (Å²) in [6, 6.07) is 0. The van der Waals surface area contributed by atoms with Crippen molar-refractivity contribution in [3.8, 4) is 0 Å². The van der Waals surface area contributed by atoms with Crippen LogP contribution in [0.3, 0.4) is 0 Å². The summed E-state index contributed by atoms with van der Waals surface area (Å²) in [6.45, 7) is 3.46.